The lowest BCUT2D eigenvalue weighted by atomic mass is 9.89. The van der Waals surface area contributed by atoms with Crippen molar-refractivity contribution in [1.29, 1.82) is 5.41 Å². The Morgan fingerprint density at radius 1 is 1.12 bits per heavy atom. The number of aryl methyl sites for hydroxylation is 1. The quantitative estimate of drug-likeness (QED) is 0.476. The number of nitrogens with zero attached hydrogens (tertiary/aromatic N) is 2. The molecule has 2 aromatic carbocycles. The number of aromatic nitrogens is 2. The molecule has 0 fully saturated rings. The van der Waals surface area contributed by atoms with E-state index in [1.165, 1.54) is 6.21 Å². The molecule has 0 spiro atoms. The van der Waals surface area contributed by atoms with Crippen LogP contribution in [0.15, 0.2) is 48.8 Å². The third kappa shape index (κ3) is 5.03. The molecule has 0 saturated carbocycles. The minimum atomic E-state index is -0.127. The van der Waals surface area contributed by atoms with E-state index in [-0.39, 0.29) is 18.6 Å². The van der Waals surface area contributed by atoms with Crippen molar-refractivity contribution in [3.8, 4) is 11.5 Å². The topological polar surface area (TPSA) is 97.2 Å². The molecule has 3 aromatic rings. The zero-order valence-electron chi connectivity index (χ0n) is 18.9. The van der Waals surface area contributed by atoms with E-state index in [1.54, 1.807) is 6.33 Å². The highest BCUT2D eigenvalue weighted by atomic mass is 16.7. The summed E-state index contributed by atoms with van der Waals surface area (Å²) in [5.74, 6) is 1.44. The Kier molecular flexibility index (Phi) is 6.98. The molecule has 7 heteroatoms. The van der Waals surface area contributed by atoms with Gasteiger partial charge in [-0.05, 0) is 54.7 Å². The summed E-state index contributed by atoms with van der Waals surface area (Å²) in [6.07, 6.45) is 5.32. The highest BCUT2D eigenvalue weighted by molar-refractivity contribution is 5.94. The highest BCUT2D eigenvalue weighted by Crippen LogP contribution is 2.32. The fourth-order valence-electron chi connectivity index (χ4n) is 4.11. The second kappa shape index (κ2) is 10.3. The van der Waals surface area contributed by atoms with Crippen molar-refractivity contribution in [1.82, 2.24) is 15.3 Å². The average molecular weight is 445 g/mol. The van der Waals surface area contributed by atoms with Gasteiger partial charge in [0.2, 0.25) is 6.79 Å². The number of carbonyl (C=O) groups is 1. The lowest BCUT2D eigenvalue weighted by Gasteiger charge is -2.18. The summed E-state index contributed by atoms with van der Waals surface area (Å²) in [5.41, 5.74) is 5.23. The molecule has 1 aliphatic heterocycles. The van der Waals surface area contributed by atoms with Crippen LogP contribution < -0.4 is 14.8 Å². The number of hydrogen-bond acceptors (Lipinski definition) is 6. The largest absolute Gasteiger partial charge is 0.454 e. The van der Waals surface area contributed by atoms with Crippen LogP contribution in [-0.2, 0) is 19.4 Å². The summed E-state index contributed by atoms with van der Waals surface area (Å²) in [6, 6.07) is 13.4. The van der Waals surface area contributed by atoms with E-state index < -0.39 is 0 Å². The van der Waals surface area contributed by atoms with Gasteiger partial charge in [0, 0.05) is 29.8 Å². The van der Waals surface area contributed by atoms with Gasteiger partial charge in [-0.25, -0.2) is 9.97 Å². The van der Waals surface area contributed by atoms with Gasteiger partial charge in [-0.2, -0.15) is 0 Å². The van der Waals surface area contributed by atoms with Crippen molar-refractivity contribution < 1.29 is 14.3 Å². The summed E-state index contributed by atoms with van der Waals surface area (Å²) in [6.45, 7) is 4.78. The number of ether oxygens (including phenoxy) is 2. The lowest BCUT2D eigenvalue weighted by Crippen LogP contribution is -2.23. The molecule has 2 N–H and O–H groups in total. The minimum Gasteiger partial charge on any atom is -0.454 e. The average Bonchev–Trinajstić information content (AvgIpc) is 3.33. The smallest absolute Gasteiger partial charge is 0.251 e. The van der Waals surface area contributed by atoms with Gasteiger partial charge in [0.1, 0.15) is 6.33 Å². The Morgan fingerprint density at radius 2 is 1.97 bits per heavy atom. The summed E-state index contributed by atoms with van der Waals surface area (Å²) >= 11 is 0. The third-order valence-electron chi connectivity index (χ3n) is 5.92. The number of fused-ring (bicyclic) bond motifs is 1. The standard InChI is InChI=1S/C26H28N4O3/c1-3-19(25-21(13-27)22(4-2)29-15-30-25)10-17-6-5-7-20(11-17)26(31)28-14-18-8-9-23-24(12-18)33-16-32-23/h5-9,11-13,15,19,27H,3-4,10,14,16H2,1-2H3,(H,28,31). The van der Waals surface area contributed by atoms with Gasteiger partial charge in [0.25, 0.3) is 5.91 Å². The molecule has 4 rings (SSSR count). The summed E-state index contributed by atoms with van der Waals surface area (Å²) < 4.78 is 10.7. The van der Waals surface area contributed by atoms with Crippen LogP contribution in [0.5, 0.6) is 11.5 Å². The molecule has 33 heavy (non-hydrogen) atoms. The fourth-order valence-corrected chi connectivity index (χ4v) is 4.11. The Balaban J connectivity index is 1.46. The number of benzene rings is 2. The van der Waals surface area contributed by atoms with E-state index in [1.807, 2.05) is 49.4 Å². The van der Waals surface area contributed by atoms with Crippen LogP contribution in [0.4, 0.5) is 0 Å². The van der Waals surface area contributed by atoms with Crippen LogP contribution in [0.2, 0.25) is 0 Å². The SMILES string of the molecule is CCc1ncnc(C(CC)Cc2cccc(C(=O)NCc3ccc4c(c3)OCO4)c2)c1C=N. The van der Waals surface area contributed by atoms with Crippen LogP contribution in [0.3, 0.4) is 0 Å². The van der Waals surface area contributed by atoms with Crippen molar-refractivity contribution >= 4 is 12.1 Å². The first-order valence-electron chi connectivity index (χ1n) is 11.2. The van der Waals surface area contributed by atoms with Gasteiger partial charge in [0.05, 0.1) is 11.4 Å². The zero-order chi connectivity index (χ0) is 23.2. The Bertz CT molecular complexity index is 1160. The monoisotopic (exact) mass is 444 g/mol. The first kappa shape index (κ1) is 22.5. The second-order valence-electron chi connectivity index (χ2n) is 8.00. The van der Waals surface area contributed by atoms with Gasteiger partial charge in [-0.3, -0.25) is 4.79 Å². The Morgan fingerprint density at radius 3 is 2.76 bits per heavy atom. The summed E-state index contributed by atoms with van der Waals surface area (Å²) in [4.78, 5) is 21.6. The number of hydrogen-bond donors (Lipinski definition) is 2. The lowest BCUT2D eigenvalue weighted by molar-refractivity contribution is 0.0950. The maximum Gasteiger partial charge on any atom is 0.251 e. The molecule has 1 aromatic heterocycles. The van der Waals surface area contributed by atoms with Crippen LogP contribution >= 0.6 is 0 Å². The van der Waals surface area contributed by atoms with E-state index >= 15 is 0 Å². The first-order valence-corrected chi connectivity index (χ1v) is 11.2. The molecule has 0 bridgehead atoms. The number of amides is 1. The molecular weight excluding hydrogens is 416 g/mol. The number of nitrogens with one attached hydrogen (secondary N) is 2. The van der Waals surface area contributed by atoms with E-state index in [4.69, 9.17) is 14.9 Å². The maximum atomic E-state index is 12.8. The van der Waals surface area contributed by atoms with Gasteiger partial charge >= 0.3 is 0 Å². The molecule has 7 nitrogen and oxygen atoms in total. The molecule has 1 unspecified atom stereocenters. The Labute approximate surface area is 193 Å². The highest BCUT2D eigenvalue weighted by Gasteiger charge is 2.19. The van der Waals surface area contributed by atoms with Crippen molar-refractivity contribution in [2.24, 2.45) is 0 Å². The number of carbonyl (C=O) groups excluding carboxylic acids is 1. The molecule has 1 atom stereocenters. The fraction of sp³-hybridized carbons (Fsp3) is 0.308. The van der Waals surface area contributed by atoms with Crippen LogP contribution in [0, 0.1) is 5.41 Å². The van der Waals surface area contributed by atoms with E-state index in [2.05, 4.69) is 22.2 Å². The van der Waals surface area contributed by atoms with Gasteiger partial charge < -0.3 is 20.2 Å². The summed E-state index contributed by atoms with van der Waals surface area (Å²) in [5, 5.41) is 10.8. The normalized spacial score (nSPS) is 12.9. The van der Waals surface area contributed by atoms with E-state index in [0.717, 1.165) is 53.1 Å². The number of rotatable bonds is 9. The molecular formula is C26H28N4O3. The minimum absolute atomic E-state index is 0.127. The molecule has 0 aliphatic carbocycles. The van der Waals surface area contributed by atoms with Gasteiger partial charge in [-0.1, -0.05) is 32.0 Å². The van der Waals surface area contributed by atoms with Crippen molar-refractivity contribution in [3.63, 3.8) is 0 Å². The van der Waals surface area contributed by atoms with E-state index in [0.29, 0.717) is 17.9 Å². The maximum absolute atomic E-state index is 12.8. The molecule has 0 saturated heterocycles. The molecule has 0 radical (unpaired) electrons. The molecule has 1 aliphatic rings. The van der Waals surface area contributed by atoms with Crippen molar-refractivity contribution in [2.75, 3.05) is 6.79 Å². The molecule has 170 valence electrons. The Hall–Kier alpha value is -3.74. The first-order chi connectivity index (χ1) is 16.1. The van der Waals surface area contributed by atoms with Crippen LogP contribution in [0.1, 0.15) is 64.6 Å². The molecule has 2 heterocycles. The summed E-state index contributed by atoms with van der Waals surface area (Å²) in [7, 11) is 0. The van der Waals surface area contributed by atoms with Crippen molar-refractivity contribution in [3.05, 3.63) is 82.4 Å². The third-order valence-corrected chi connectivity index (χ3v) is 5.92. The second-order valence-corrected chi connectivity index (χ2v) is 8.00. The van der Waals surface area contributed by atoms with Gasteiger partial charge in [-0.15, -0.1) is 0 Å². The predicted molar refractivity (Wildman–Crippen MR) is 126 cm³/mol. The van der Waals surface area contributed by atoms with Crippen LogP contribution in [0.25, 0.3) is 0 Å². The van der Waals surface area contributed by atoms with Gasteiger partial charge in [0.15, 0.2) is 11.5 Å². The predicted octanol–water partition coefficient (Wildman–Crippen LogP) is 4.43. The van der Waals surface area contributed by atoms with Crippen LogP contribution in [-0.4, -0.2) is 28.9 Å². The molecule has 1 amide bonds. The zero-order valence-corrected chi connectivity index (χ0v) is 18.9. The van der Waals surface area contributed by atoms with Crippen molar-refractivity contribution in [2.45, 2.75) is 45.6 Å². The van der Waals surface area contributed by atoms with E-state index in [9.17, 15) is 4.79 Å².